The highest BCUT2D eigenvalue weighted by molar-refractivity contribution is 5.75. The lowest BCUT2D eigenvalue weighted by molar-refractivity contribution is -0.225. The molecule has 1 heterocycles. The maximum absolute atomic E-state index is 12.6. The summed E-state index contributed by atoms with van der Waals surface area (Å²) in [6.45, 7) is 0.684. The smallest absolute Gasteiger partial charge is 0.353 e. The number of para-hydroxylation sites is 2. The summed E-state index contributed by atoms with van der Waals surface area (Å²) in [4.78, 5) is 1.89. The van der Waals surface area contributed by atoms with E-state index in [0.717, 1.165) is 18.3 Å². The summed E-state index contributed by atoms with van der Waals surface area (Å²) in [7, 11) is 1.85. The van der Waals surface area contributed by atoms with Gasteiger partial charge in [0.25, 0.3) is 0 Å². The van der Waals surface area contributed by atoms with Gasteiger partial charge in [-0.05, 0) is 12.1 Å². The van der Waals surface area contributed by atoms with E-state index < -0.39 is 6.11 Å². The third kappa shape index (κ3) is 2.24. The molecule has 1 N–H and O–H groups in total. The van der Waals surface area contributed by atoms with Crippen LogP contribution in [0, 0.1) is 0 Å². The van der Waals surface area contributed by atoms with Crippen LogP contribution >= 0.6 is 0 Å². The second-order valence-corrected chi connectivity index (χ2v) is 3.91. The van der Waals surface area contributed by atoms with Gasteiger partial charge in [-0.25, -0.2) is 0 Å². The molecule has 1 unspecified atom stereocenters. The molecule has 1 aliphatic rings. The van der Waals surface area contributed by atoms with Gasteiger partial charge in [-0.2, -0.15) is 8.78 Å². The van der Waals surface area contributed by atoms with Gasteiger partial charge < -0.3 is 15.0 Å². The molecule has 2 rings (SSSR count). The van der Waals surface area contributed by atoms with Crippen LogP contribution in [0.5, 0.6) is 0 Å². The molecule has 5 heteroatoms. The minimum atomic E-state index is -3.09. The van der Waals surface area contributed by atoms with E-state index in [2.05, 4.69) is 10.1 Å². The molecule has 0 saturated carbocycles. The van der Waals surface area contributed by atoms with E-state index in [1.807, 2.05) is 36.2 Å². The van der Waals surface area contributed by atoms with Crippen LogP contribution in [0.2, 0.25) is 0 Å². The van der Waals surface area contributed by atoms with Gasteiger partial charge in [0.1, 0.15) is 6.17 Å². The molecule has 88 valence electrons. The topological polar surface area (TPSA) is 24.5 Å². The van der Waals surface area contributed by atoms with Crippen LogP contribution < -0.4 is 10.2 Å². The van der Waals surface area contributed by atoms with E-state index in [4.69, 9.17) is 0 Å². The van der Waals surface area contributed by atoms with Crippen molar-refractivity contribution in [3.05, 3.63) is 24.3 Å². The summed E-state index contributed by atoms with van der Waals surface area (Å²) < 4.78 is 29.6. The van der Waals surface area contributed by atoms with Crippen molar-refractivity contribution in [1.82, 2.24) is 0 Å². The summed E-state index contributed by atoms with van der Waals surface area (Å²) in [5, 5.41) is 3.12. The van der Waals surface area contributed by atoms with E-state index >= 15 is 0 Å². The van der Waals surface area contributed by atoms with Crippen molar-refractivity contribution in [1.29, 1.82) is 0 Å². The Morgan fingerprint density at radius 1 is 1.44 bits per heavy atom. The lowest BCUT2D eigenvalue weighted by Gasteiger charge is -2.23. The van der Waals surface area contributed by atoms with Crippen LogP contribution in [0.1, 0.15) is 6.92 Å². The largest absolute Gasteiger partial charge is 0.362 e. The number of rotatable bonds is 3. The first-order valence-corrected chi connectivity index (χ1v) is 5.07. The van der Waals surface area contributed by atoms with E-state index in [9.17, 15) is 8.78 Å². The van der Waals surface area contributed by atoms with Crippen molar-refractivity contribution in [2.75, 3.05) is 23.9 Å². The molecule has 16 heavy (non-hydrogen) atoms. The molecule has 0 amide bonds. The molecule has 3 nitrogen and oxygen atoms in total. The monoisotopic (exact) mass is 228 g/mol. The highest BCUT2D eigenvalue weighted by atomic mass is 19.3. The first-order chi connectivity index (χ1) is 7.47. The van der Waals surface area contributed by atoms with Crippen molar-refractivity contribution in [3.8, 4) is 0 Å². The number of nitrogens with zero attached hydrogens (tertiary/aromatic N) is 1. The lowest BCUT2D eigenvalue weighted by atomic mass is 10.3. The maximum Gasteiger partial charge on any atom is 0.353 e. The van der Waals surface area contributed by atoms with Crippen LogP contribution in [0.15, 0.2) is 24.3 Å². The second-order valence-electron chi connectivity index (χ2n) is 3.91. The van der Waals surface area contributed by atoms with Crippen LogP contribution in [-0.2, 0) is 4.74 Å². The van der Waals surface area contributed by atoms with Crippen molar-refractivity contribution in [2.45, 2.75) is 19.2 Å². The molecule has 1 aliphatic heterocycles. The predicted molar refractivity (Wildman–Crippen MR) is 58.8 cm³/mol. The number of hydrogen-bond donors (Lipinski definition) is 1. The highest BCUT2D eigenvalue weighted by Gasteiger charge is 2.29. The summed E-state index contributed by atoms with van der Waals surface area (Å²) >= 11 is 0. The Kier molecular flexibility index (Phi) is 2.71. The standard InChI is InChI=1S/C11H14F2N2O/c1-11(12,13)16-7-10-14-8-5-3-4-6-9(8)15(10)2/h3-6,10,14H,7H2,1-2H3. The summed E-state index contributed by atoms with van der Waals surface area (Å²) in [5.74, 6) is 0. The number of ether oxygens (including phenoxy) is 1. The Morgan fingerprint density at radius 3 is 2.75 bits per heavy atom. The lowest BCUT2D eigenvalue weighted by Crippen LogP contribution is -2.38. The Bertz CT molecular complexity index is 378. The zero-order chi connectivity index (χ0) is 11.8. The fourth-order valence-electron chi connectivity index (χ4n) is 1.73. The molecule has 1 atom stereocenters. The van der Waals surface area contributed by atoms with E-state index in [0.29, 0.717) is 0 Å². The van der Waals surface area contributed by atoms with Gasteiger partial charge in [-0.15, -0.1) is 0 Å². The molecule has 0 saturated heterocycles. The van der Waals surface area contributed by atoms with Gasteiger partial charge in [0.15, 0.2) is 0 Å². The number of likely N-dealkylation sites (N-methyl/N-ethyl adjacent to an activating group) is 1. The number of halogens is 2. The average molecular weight is 228 g/mol. The molecule has 0 fully saturated rings. The second kappa shape index (κ2) is 3.90. The average Bonchev–Trinajstić information content (AvgIpc) is 2.53. The minimum absolute atomic E-state index is 0.0608. The molecule has 0 spiro atoms. The fraction of sp³-hybridized carbons (Fsp3) is 0.455. The Labute approximate surface area is 93.0 Å². The molecule has 1 aromatic rings. The Balaban J connectivity index is 2.02. The third-order valence-corrected chi connectivity index (χ3v) is 2.57. The molecule has 0 aliphatic carbocycles. The molecule has 0 aromatic heterocycles. The van der Waals surface area contributed by atoms with Crippen LogP contribution in [0.3, 0.4) is 0 Å². The number of nitrogens with one attached hydrogen (secondary N) is 1. The van der Waals surface area contributed by atoms with E-state index in [1.165, 1.54) is 0 Å². The van der Waals surface area contributed by atoms with Gasteiger partial charge in [0, 0.05) is 14.0 Å². The zero-order valence-corrected chi connectivity index (χ0v) is 9.21. The minimum Gasteiger partial charge on any atom is -0.362 e. The van der Waals surface area contributed by atoms with Gasteiger partial charge in [0.2, 0.25) is 0 Å². The van der Waals surface area contributed by atoms with E-state index in [-0.39, 0.29) is 12.8 Å². The Morgan fingerprint density at radius 2 is 2.12 bits per heavy atom. The summed E-state index contributed by atoms with van der Waals surface area (Å²) in [6, 6.07) is 7.66. The fourth-order valence-corrected chi connectivity index (χ4v) is 1.73. The number of anilines is 2. The van der Waals surface area contributed by atoms with Gasteiger partial charge in [-0.1, -0.05) is 12.1 Å². The first-order valence-electron chi connectivity index (χ1n) is 5.07. The van der Waals surface area contributed by atoms with Crippen LogP contribution in [0.25, 0.3) is 0 Å². The van der Waals surface area contributed by atoms with Gasteiger partial charge in [0.05, 0.1) is 18.0 Å². The van der Waals surface area contributed by atoms with E-state index in [1.54, 1.807) is 0 Å². The van der Waals surface area contributed by atoms with Crippen molar-refractivity contribution >= 4 is 11.4 Å². The molecule has 0 radical (unpaired) electrons. The molecule has 1 aromatic carbocycles. The number of benzene rings is 1. The predicted octanol–water partition coefficient (Wildman–Crippen LogP) is 2.50. The molecule has 0 bridgehead atoms. The van der Waals surface area contributed by atoms with Gasteiger partial charge in [-0.3, -0.25) is 0 Å². The van der Waals surface area contributed by atoms with Crippen molar-refractivity contribution in [2.24, 2.45) is 0 Å². The van der Waals surface area contributed by atoms with Crippen LogP contribution in [0.4, 0.5) is 20.2 Å². The molecular formula is C11H14F2N2O. The quantitative estimate of drug-likeness (QED) is 0.860. The third-order valence-electron chi connectivity index (χ3n) is 2.57. The maximum atomic E-state index is 12.6. The zero-order valence-electron chi connectivity index (χ0n) is 9.21. The number of hydrogen-bond acceptors (Lipinski definition) is 3. The van der Waals surface area contributed by atoms with Crippen molar-refractivity contribution < 1.29 is 13.5 Å². The highest BCUT2D eigenvalue weighted by Crippen LogP contribution is 2.33. The first kappa shape index (κ1) is 11.1. The molecular weight excluding hydrogens is 214 g/mol. The Hall–Kier alpha value is -1.36. The van der Waals surface area contributed by atoms with Crippen molar-refractivity contribution in [3.63, 3.8) is 0 Å². The SMILES string of the molecule is CN1c2ccccc2NC1COC(C)(F)F. The summed E-state index contributed by atoms with van der Waals surface area (Å²) in [5.41, 5.74) is 1.94. The van der Waals surface area contributed by atoms with Gasteiger partial charge >= 0.3 is 6.11 Å². The number of alkyl halides is 2. The normalized spacial score (nSPS) is 19.5. The number of fused-ring (bicyclic) bond motifs is 1. The summed E-state index contributed by atoms with van der Waals surface area (Å²) in [6.07, 6.45) is -3.33. The van der Waals surface area contributed by atoms with Crippen LogP contribution in [-0.4, -0.2) is 25.9 Å².